The molecule has 0 fully saturated rings. The van der Waals surface area contributed by atoms with Gasteiger partial charge in [-0.2, -0.15) is 0 Å². The first-order chi connectivity index (χ1) is 10.6. The van der Waals surface area contributed by atoms with E-state index in [4.69, 9.17) is 9.57 Å². The van der Waals surface area contributed by atoms with Crippen molar-refractivity contribution in [3.05, 3.63) is 58.6 Å². The minimum Gasteiger partial charge on any atom is -0.497 e. The molecule has 0 aliphatic carbocycles. The van der Waals surface area contributed by atoms with E-state index in [1.54, 1.807) is 7.11 Å². The molecule has 1 atom stereocenters. The van der Waals surface area contributed by atoms with Gasteiger partial charge < -0.3 is 9.57 Å². The summed E-state index contributed by atoms with van der Waals surface area (Å²) in [6, 6.07) is 14.8. The molecular weight excluding hydrogens is 366 g/mol. The van der Waals surface area contributed by atoms with E-state index in [0.717, 1.165) is 20.7 Å². The van der Waals surface area contributed by atoms with Crippen molar-refractivity contribution in [2.45, 2.75) is 4.90 Å². The number of nitrogens with zero attached hydrogens (tertiary/aromatic N) is 1. The third-order valence-corrected chi connectivity index (χ3v) is 4.83. The molecule has 0 aromatic heterocycles. The molecule has 6 heteroatoms. The topological polar surface area (TPSA) is 47.9 Å². The van der Waals surface area contributed by atoms with Crippen LogP contribution in [0.25, 0.3) is 0 Å². The second-order valence-corrected chi connectivity index (χ2v) is 6.76. The second kappa shape index (κ2) is 8.10. The molecule has 0 spiro atoms. The number of halogens is 1. The summed E-state index contributed by atoms with van der Waals surface area (Å²) < 4.78 is 18.6. The largest absolute Gasteiger partial charge is 0.497 e. The van der Waals surface area contributed by atoms with Crippen molar-refractivity contribution in [1.29, 1.82) is 0 Å². The van der Waals surface area contributed by atoms with Gasteiger partial charge in [0.15, 0.2) is 0 Å². The third kappa shape index (κ3) is 4.42. The Balaban J connectivity index is 2.19. The molecule has 4 nitrogen and oxygen atoms in total. The van der Waals surface area contributed by atoms with E-state index in [1.807, 2.05) is 48.5 Å². The fourth-order valence-corrected chi connectivity index (χ4v) is 3.19. The van der Waals surface area contributed by atoms with E-state index in [0.29, 0.717) is 5.71 Å². The number of hydrogen-bond donors (Lipinski definition) is 0. The van der Waals surface area contributed by atoms with Crippen molar-refractivity contribution < 1.29 is 13.8 Å². The van der Waals surface area contributed by atoms with E-state index in [1.165, 1.54) is 7.11 Å². The maximum absolute atomic E-state index is 12.5. The van der Waals surface area contributed by atoms with Crippen LogP contribution in [0.4, 0.5) is 0 Å². The molecule has 0 aliphatic rings. The van der Waals surface area contributed by atoms with Gasteiger partial charge in [0.2, 0.25) is 0 Å². The summed E-state index contributed by atoms with van der Waals surface area (Å²) in [5.41, 5.74) is 1.49. The number of hydrogen-bond acceptors (Lipinski definition) is 4. The first-order valence-electron chi connectivity index (χ1n) is 6.52. The van der Waals surface area contributed by atoms with Gasteiger partial charge >= 0.3 is 0 Å². The van der Waals surface area contributed by atoms with Crippen LogP contribution >= 0.6 is 15.9 Å². The quantitative estimate of drug-likeness (QED) is 0.567. The van der Waals surface area contributed by atoms with Crippen molar-refractivity contribution in [3.63, 3.8) is 0 Å². The first kappa shape index (κ1) is 16.7. The fourth-order valence-electron chi connectivity index (χ4n) is 1.85. The lowest BCUT2D eigenvalue weighted by atomic mass is 10.1. The molecule has 0 heterocycles. The Morgan fingerprint density at radius 1 is 1.09 bits per heavy atom. The first-order valence-corrected chi connectivity index (χ1v) is 8.63. The average Bonchev–Trinajstić information content (AvgIpc) is 2.55. The zero-order valence-electron chi connectivity index (χ0n) is 12.3. The van der Waals surface area contributed by atoms with E-state index >= 15 is 0 Å². The van der Waals surface area contributed by atoms with Crippen LogP contribution in [0.2, 0.25) is 0 Å². The molecule has 2 aromatic rings. The third-order valence-electron chi connectivity index (χ3n) is 2.97. The molecule has 22 heavy (non-hydrogen) atoms. The van der Waals surface area contributed by atoms with Gasteiger partial charge in [-0.25, -0.2) is 0 Å². The standard InChI is InChI=1S/C16H16BrNO3S/c1-20-14-7-3-12(4-8-14)16(18-21-2)11-22(19)15-9-5-13(17)6-10-15/h3-10H,11H2,1-2H3/t22-/m0/s1. The number of ether oxygens (including phenoxy) is 1. The van der Waals surface area contributed by atoms with Gasteiger partial charge in [-0.15, -0.1) is 0 Å². The number of oxime groups is 1. The lowest BCUT2D eigenvalue weighted by Gasteiger charge is -2.07. The predicted octanol–water partition coefficient (Wildman–Crippen LogP) is 3.62. The van der Waals surface area contributed by atoms with E-state index < -0.39 is 10.8 Å². The molecule has 0 amide bonds. The Morgan fingerprint density at radius 3 is 2.27 bits per heavy atom. The van der Waals surface area contributed by atoms with Crippen LogP contribution in [0.1, 0.15) is 5.56 Å². The van der Waals surface area contributed by atoms with Gasteiger partial charge in [0.25, 0.3) is 0 Å². The van der Waals surface area contributed by atoms with Gasteiger partial charge in [0, 0.05) is 14.9 Å². The monoisotopic (exact) mass is 381 g/mol. The van der Waals surface area contributed by atoms with Gasteiger partial charge in [-0.1, -0.05) is 21.1 Å². The van der Waals surface area contributed by atoms with Crippen molar-refractivity contribution in [1.82, 2.24) is 0 Å². The normalized spacial score (nSPS) is 12.8. The summed E-state index contributed by atoms with van der Waals surface area (Å²) in [5.74, 6) is 1.04. The highest BCUT2D eigenvalue weighted by Crippen LogP contribution is 2.16. The Hall–Kier alpha value is -1.66. The van der Waals surface area contributed by atoms with Gasteiger partial charge in [-0.3, -0.25) is 4.21 Å². The molecule has 2 rings (SSSR count). The minimum atomic E-state index is -1.19. The maximum atomic E-state index is 12.5. The van der Waals surface area contributed by atoms with Crippen LogP contribution in [-0.4, -0.2) is 29.9 Å². The average molecular weight is 382 g/mol. The highest BCUT2D eigenvalue weighted by molar-refractivity contribution is 9.10. The summed E-state index contributed by atoms with van der Waals surface area (Å²) >= 11 is 3.37. The van der Waals surface area contributed by atoms with E-state index in [2.05, 4.69) is 21.1 Å². The molecule has 0 unspecified atom stereocenters. The van der Waals surface area contributed by atoms with Crippen molar-refractivity contribution in [2.24, 2.45) is 5.16 Å². The van der Waals surface area contributed by atoms with E-state index in [-0.39, 0.29) is 5.75 Å². The Kier molecular flexibility index (Phi) is 6.15. The Morgan fingerprint density at radius 2 is 1.73 bits per heavy atom. The number of benzene rings is 2. The van der Waals surface area contributed by atoms with Crippen LogP contribution < -0.4 is 4.74 Å². The predicted molar refractivity (Wildman–Crippen MR) is 92.0 cm³/mol. The SMILES string of the molecule is CON=C(C[S@](=O)c1ccc(Br)cc1)c1ccc(OC)cc1. The highest BCUT2D eigenvalue weighted by atomic mass is 79.9. The Bertz CT molecular complexity index is 669. The van der Waals surface area contributed by atoms with Gasteiger partial charge in [-0.05, 0) is 48.5 Å². The van der Waals surface area contributed by atoms with Crippen LogP contribution in [0.3, 0.4) is 0 Å². The fraction of sp³-hybridized carbons (Fsp3) is 0.188. The van der Waals surface area contributed by atoms with Gasteiger partial charge in [0.05, 0.1) is 29.4 Å². The summed E-state index contributed by atoms with van der Waals surface area (Å²) in [5, 5.41) is 4.01. The number of rotatable bonds is 6. The summed E-state index contributed by atoms with van der Waals surface area (Å²) in [6.07, 6.45) is 0. The van der Waals surface area contributed by atoms with Crippen LogP contribution in [0.5, 0.6) is 5.75 Å². The smallest absolute Gasteiger partial charge is 0.118 e. The van der Waals surface area contributed by atoms with Crippen LogP contribution in [0, 0.1) is 0 Å². The highest BCUT2D eigenvalue weighted by Gasteiger charge is 2.12. The van der Waals surface area contributed by atoms with Crippen molar-refractivity contribution >= 4 is 32.4 Å². The van der Waals surface area contributed by atoms with E-state index in [9.17, 15) is 4.21 Å². The zero-order chi connectivity index (χ0) is 15.9. The maximum Gasteiger partial charge on any atom is 0.118 e. The molecule has 0 radical (unpaired) electrons. The molecule has 0 aliphatic heterocycles. The van der Waals surface area contributed by atoms with Crippen molar-refractivity contribution in [2.75, 3.05) is 20.0 Å². The molecule has 0 saturated carbocycles. The summed E-state index contributed by atoms with van der Waals surface area (Å²) in [4.78, 5) is 5.64. The molecule has 0 N–H and O–H groups in total. The molecule has 116 valence electrons. The summed E-state index contributed by atoms with van der Waals surface area (Å²) in [6.45, 7) is 0. The van der Waals surface area contributed by atoms with Crippen molar-refractivity contribution in [3.8, 4) is 5.75 Å². The zero-order valence-corrected chi connectivity index (χ0v) is 14.7. The minimum absolute atomic E-state index is 0.280. The summed E-state index contributed by atoms with van der Waals surface area (Å²) in [7, 11) is 1.90. The van der Waals surface area contributed by atoms with Gasteiger partial charge in [0.1, 0.15) is 12.9 Å². The molecule has 2 aromatic carbocycles. The molecule has 0 saturated heterocycles. The lowest BCUT2D eigenvalue weighted by molar-refractivity contribution is 0.213. The molecule has 0 bridgehead atoms. The Labute approximate surface area is 140 Å². The second-order valence-electron chi connectivity index (χ2n) is 4.39. The lowest BCUT2D eigenvalue weighted by Crippen LogP contribution is -2.13. The van der Waals surface area contributed by atoms with Crippen LogP contribution in [0.15, 0.2) is 63.1 Å². The molecular formula is C16H16BrNO3S. The van der Waals surface area contributed by atoms with Crippen LogP contribution in [-0.2, 0) is 15.6 Å². The number of methoxy groups -OCH3 is 1.